The van der Waals surface area contributed by atoms with Crippen molar-refractivity contribution in [3.8, 4) is 0 Å². The van der Waals surface area contributed by atoms with Crippen molar-refractivity contribution in [2.75, 3.05) is 13.2 Å². The van der Waals surface area contributed by atoms with Crippen LogP contribution in [0.3, 0.4) is 0 Å². The Morgan fingerprint density at radius 3 is 1.73 bits per heavy atom. The van der Waals surface area contributed by atoms with Gasteiger partial charge >= 0.3 is 11.9 Å². The summed E-state index contributed by atoms with van der Waals surface area (Å²) >= 11 is 0. The monoisotopic (exact) mass is 363 g/mol. The van der Waals surface area contributed by atoms with Gasteiger partial charge in [0.2, 0.25) is 5.91 Å². The van der Waals surface area contributed by atoms with Crippen molar-refractivity contribution < 1.29 is 23.9 Å². The van der Waals surface area contributed by atoms with Gasteiger partial charge in [0.25, 0.3) is 0 Å². The summed E-state index contributed by atoms with van der Waals surface area (Å²) in [6.07, 6.45) is 3.25. The molecule has 0 unspecified atom stereocenters. The number of rotatable bonds is 10. The van der Waals surface area contributed by atoms with Crippen molar-refractivity contribution in [2.24, 2.45) is 0 Å². The van der Waals surface area contributed by atoms with Gasteiger partial charge < -0.3 is 14.8 Å². The van der Waals surface area contributed by atoms with Crippen molar-refractivity contribution in [3.63, 3.8) is 0 Å². The molecule has 0 heterocycles. The molecule has 0 saturated heterocycles. The molecule has 0 radical (unpaired) electrons. The van der Waals surface area contributed by atoms with Crippen molar-refractivity contribution in [1.82, 2.24) is 5.32 Å². The number of hydrogen-bond acceptors (Lipinski definition) is 5. The minimum atomic E-state index is -0.953. The first kappa shape index (κ1) is 21.7. The summed E-state index contributed by atoms with van der Waals surface area (Å²) in [7, 11) is 0. The minimum Gasteiger partial charge on any atom is -0.463 e. The van der Waals surface area contributed by atoms with E-state index in [1.807, 2.05) is 0 Å². The Balaban J connectivity index is 2.90. The average molecular weight is 363 g/mol. The maximum Gasteiger partial charge on any atom is 0.302 e. The number of benzene rings is 1. The van der Waals surface area contributed by atoms with Crippen LogP contribution >= 0.6 is 0 Å². The van der Waals surface area contributed by atoms with Gasteiger partial charge in [0.15, 0.2) is 0 Å². The molecule has 26 heavy (non-hydrogen) atoms. The lowest BCUT2D eigenvalue weighted by Gasteiger charge is -2.33. The predicted molar refractivity (Wildman–Crippen MR) is 98.6 cm³/mol. The van der Waals surface area contributed by atoms with Crippen molar-refractivity contribution in [1.29, 1.82) is 0 Å². The molecular weight excluding hydrogens is 334 g/mol. The van der Waals surface area contributed by atoms with E-state index in [9.17, 15) is 14.4 Å². The number of nitrogens with one attached hydrogen (secondary N) is 1. The number of aryl methyl sites for hydroxylation is 2. The van der Waals surface area contributed by atoms with E-state index in [0.717, 1.165) is 18.4 Å². The number of ether oxygens (including phenoxy) is 2. The number of carbonyl (C=O) groups is 3. The molecule has 1 aromatic rings. The lowest BCUT2D eigenvalue weighted by atomic mass is 9.92. The van der Waals surface area contributed by atoms with Gasteiger partial charge in [-0.15, -0.1) is 0 Å². The molecule has 6 heteroatoms. The van der Waals surface area contributed by atoms with Gasteiger partial charge in [-0.1, -0.05) is 37.6 Å². The lowest BCUT2D eigenvalue weighted by Crippen LogP contribution is -2.55. The topological polar surface area (TPSA) is 81.7 Å². The molecule has 0 saturated carbocycles. The number of esters is 2. The zero-order valence-electron chi connectivity index (χ0n) is 16.1. The van der Waals surface area contributed by atoms with Crippen LogP contribution in [0.2, 0.25) is 0 Å². The van der Waals surface area contributed by atoms with Gasteiger partial charge in [-0.3, -0.25) is 14.4 Å². The molecule has 0 bridgehead atoms. The van der Waals surface area contributed by atoms with E-state index in [1.165, 1.54) is 26.3 Å². The summed E-state index contributed by atoms with van der Waals surface area (Å²) in [4.78, 5) is 34.2. The summed E-state index contributed by atoms with van der Waals surface area (Å²) < 4.78 is 10.3. The first-order valence-electron chi connectivity index (χ1n) is 8.89. The second kappa shape index (κ2) is 10.6. The predicted octanol–water partition coefficient (Wildman–Crippen LogP) is 2.57. The van der Waals surface area contributed by atoms with Crippen LogP contribution in [-0.4, -0.2) is 36.6 Å². The molecule has 6 nitrogen and oxygen atoms in total. The van der Waals surface area contributed by atoms with Gasteiger partial charge in [0, 0.05) is 20.8 Å². The standard InChI is InChI=1S/C20H29NO5/c1-5-6-18-7-9-19(10-8-18)11-12-20(21-15(2)22,13-25-16(3)23)14-26-17(4)24/h7-10H,5-6,11-14H2,1-4H3,(H,21,22). The molecule has 0 atom stereocenters. The Labute approximate surface area is 155 Å². The van der Waals surface area contributed by atoms with Crippen molar-refractivity contribution in [2.45, 2.75) is 58.9 Å². The highest BCUT2D eigenvalue weighted by Gasteiger charge is 2.34. The molecule has 1 rings (SSSR count). The number of hydrogen-bond donors (Lipinski definition) is 1. The molecular formula is C20H29NO5. The van der Waals surface area contributed by atoms with Crippen LogP contribution in [-0.2, 0) is 36.7 Å². The summed E-state index contributed by atoms with van der Waals surface area (Å²) in [5, 5.41) is 2.81. The molecule has 0 aliphatic carbocycles. The summed E-state index contributed by atoms with van der Waals surface area (Å²) in [5.41, 5.74) is 1.43. The second-order valence-electron chi connectivity index (χ2n) is 6.59. The molecule has 0 spiro atoms. The van der Waals surface area contributed by atoms with E-state index in [0.29, 0.717) is 12.8 Å². The maximum atomic E-state index is 11.7. The normalized spacial score (nSPS) is 10.9. The summed E-state index contributed by atoms with van der Waals surface area (Å²) in [6, 6.07) is 8.30. The third kappa shape index (κ3) is 8.14. The molecule has 0 aromatic heterocycles. The fourth-order valence-electron chi connectivity index (χ4n) is 2.72. The average Bonchev–Trinajstić information content (AvgIpc) is 2.57. The zero-order valence-corrected chi connectivity index (χ0v) is 16.1. The lowest BCUT2D eigenvalue weighted by molar-refractivity contribution is -0.150. The first-order chi connectivity index (χ1) is 12.3. The summed E-state index contributed by atoms with van der Waals surface area (Å²) in [6.45, 7) is 6.02. The molecule has 144 valence electrons. The maximum absolute atomic E-state index is 11.7. The van der Waals surface area contributed by atoms with Gasteiger partial charge in [0.05, 0.1) is 0 Å². The van der Waals surface area contributed by atoms with E-state index in [2.05, 4.69) is 36.5 Å². The smallest absolute Gasteiger partial charge is 0.302 e. The first-order valence-corrected chi connectivity index (χ1v) is 8.89. The minimum absolute atomic E-state index is 0.0525. The quantitative estimate of drug-likeness (QED) is 0.646. The number of carbonyl (C=O) groups excluding carboxylic acids is 3. The largest absolute Gasteiger partial charge is 0.463 e. The van der Waals surface area contributed by atoms with E-state index in [4.69, 9.17) is 9.47 Å². The van der Waals surface area contributed by atoms with E-state index in [1.54, 1.807) is 0 Å². The van der Waals surface area contributed by atoms with Crippen LogP contribution < -0.4 is 5.32 Å². The molecule has 0 aliphatic rings. The van der Waals surface area contributed by atoms with Crippen LogP contribution in [0.15, 0.2) is 24.3 Å². The highest BCUT2D eigenvalue weighted by molar-refractivity contribution is 5.74. The highest BCUT2D eigenvalue weighted by Crippen LogP contribution is 2.18. The van der Waals surface area contributed by atoms with Gasteiger partial charge in [-0.2, -0.15) is 0 Å². The third-order valence-corrected chi connectivity index (χ3v) is 4.00. The van der Waals surface area contributed by atoms with Crippen LogP contribution in [0.25, 0.3) is 0 Å². The SMILES string of the molecule is CCCc1ccc(CCC(COC(C)=O)(COC(C)=O)NC(C)=O)cc1. The molecule has 1 N–H and O–H groups in total. The van der Waals surface area contributed by atoms with Crippen LogP contribution in [0.4, 0.5) is 0 Å². The molecule has 1 amide bonds. The highest BCUT2D eigenvalue weighted by atomic mass is 16.5. The van der Waals surface area contributed by atoms with Crippen LogP contribution in [0, 0.1) is 0 Å². The van der Waals surface area contributed by atoms with Crippen molar-refractivity contribution >= 4 is 17.8 Å². The third-order valence-electron chi connectivity index (χ3n) is 4.00. The van der Waals surface area contributed by atoms with Gasteiger partial charge in [-0.05, 0) is 30.4 Å². The van der Waals surface area contributed by atoms with E-state index < -0.39 is 17.5 Å². The Bertz CT molecular complexity index is 591. The second-order valence-corrected chi connectivity index (χ2v) is 6.59. The Morgan fingerprint density at radius 1 is 0.885 bits per heavy atom. The fraction of sp³-hybridized carbons (Fsp3) is 0.550. The zero-order chi connectivity index (χ0) is 19.6. The summed E-state index contributed by atoms with van der Waals surface area (Å²) in [5.74, 6) is -1.18. The van der Waals surface area contributed by atoms with Gasteiger partial charge in [-0.25, -0.2) is 0 Å². The Hall–Kier alpha value is -2.37. The Morgan fingerprint density at radius 2 is 1.35 bits per heavy atom. The Kier molecular flexibility index (Phi) is 8.82. The molecule has 1 aromatic carbocycles. The fourth-order valence-corrected chi connectivity index (χ4v) is 2.72. The molecule has 0 fully saturated rings. The van der Waals surface area contributed by atoms with Crippen LogP contribution in [0.5, 0.6) is 0 Å². The van der Waals surface area contributed by atoms with E-state index in [-0.39, 0.29) is 19.1 Å². The van der Waals surface area contributed by atoms with E-state index >= 15 is 0 Å². The number of amides is 1. The molecule has 0 aliphatic heterocycles. The van der Waals surface area contributed by atoms with Gasteiger partial charge in [0.1, 0.15) is 18.8 Å². The van der Waals surface area contributed by atoms with Crippen LogP contribution in [0.1, 0.15) is 51.7 Å². The van der Waals surface area contributed by atoms with Crippen molar-refractivity contribution in [3.05, 3.63) is 35.4 Å².